The Kier molecular flexibility index (Phi) is 4.82. The average molecular weight is 322 g/mol. The second-order valence-electron chi connectivity index (χ2n) is 4.18. The molecule has 2 aromatic carbocycles. The molecule has 0 fully saturated rings. The van der Waals surface area contributed by atoms with E-state index in [1.165, 1.54) is 0 Å². The van der Waals surface area contributed by atoms with E-state index >= 15 is 0 Å². The van der Waals surface area contributed by atoms with Gasteiger partial charge in [0.15, 0.2) is 0 Å². The topological polar surface area (TPSA) is 44.5 Å². The first-order valence-corrected chi connectivity index (χ1v) is 6.73. The zero-order chi connectivity index (χ0) is 13.7. The highest BCUT2D eigenvalue weighted by Crippen LogP contribution is 2.24. The Morgan fingerprint density at radius 3 is 2.63 bits per heavy atom. The predicted molar refractivity (Wildman–Crippen MR) is 80.0 cm³/mol. The molecule has 0 aliphatic heterocycles. The van der Waals surface area contributed by atoms with E-state index in [9.17, 15) is 0 Å². The summed E-state index contributed by atoms with van der Waals surface area (Å²) in [5, 5.41) is 0. The monoisotopic (exact) mass is 321 g/mol. The second kappa shape index (κ2) is 6.59. The molecule has 0 atom stereocenters. The van der Waals surface area contributed by atoms with Gasteiger partial charge in [0.1, 0.15) is 12.4 Å². The molecule has 0 aliphatic rings. The Balaban J connectivity index is 2.08. The van der Waals surface area contributed by atoms with Crippen LogP contribution < -0.4 is 10.5 Å². The molecule has 2 rings (SSSR count). The third-order valence-electron chi connectivity index (χ3n) is 2.75. The van der Waals surface area contributed by atoms with Gasteiger partial charge in [0.2, 0.25) is 0 Å². The standard InChI is InChI=1S/C15H16BrNO2/c1-18-9-11-4-2-5-12(8-11)19-10-13-14(16)6-3-7-15(13)17/h2-8H,9-10,17H2,1H3. The van der Waals surface area contributed by atoms with E-state index < -0.39 is 0 Å². The van der Waals surface area contributed by atoms with Crippen molar-refractivity contribution in [3.63, 3.8) is 0 Å². The van der Waals surface area contributed by atoms with E-state index in [-0.39, 0.29) is 0 Å². The molecule has 100 valence electrons. The van der Waals surface area contributed by atoms with Gasteiger partial charge in [0, 0.05) is 22.8 Å². The van der Waals surface area contributed by atoms with Gasteiger partial charge in [-0.25, -0.2) is 0 Å². The van der Waals surface area contributed by atoms with Crippen molar-refractivity contribution in [1.82, 2.24) is 0 Å². The van der Waals surface area contributed by atoms with Crippen LogP contribution in [0.1, 0.15) is 11.1 Å². The summed E-state index contributed by atoms with van der Waals surface area (Å²) in [6.07, 6.45) is 0. The molecule has 0 unspecified atom stereocenters. The number of hydrogen-bond acceptors (Lipinski definition) is 3. The van der Waals surface area contributed by atoms with Crippen LogP contribution in [0.2, 0.25) is 0 Å². The number of nitrogens with two attached hydrogens (primary N) is 1. The van der Waals surface area contributed by atoms with E-state index in [0.29, 0.717) is 13.2 Å². The molecule has 2 N–H and O–H groups in total. The summed E-state index contributed by atoms with van der Waals surface area (Å²) >= 11 is 3.48. The van der Waals surface area contributed by atoms with Gasteiger partial charge in [-0.05, 0) is 29.8 Å². The van der Waals surface area contributed by atoms with Crippen LogP contribution in [0.3, 0.4) is 0 Å². The third kappa shape index (κ3) is 3.72. The number of benzene rings is 2. The van der Waals surface area contributed by atoms with E-state index in [0.717, 1.165) is 27.0 Å². The first-order valence-electron chi connectivity index (χ1n) is 5.94. The lowest BCUT2D eigenvalue weighted by Crippen LogP contribution is -2.01. The number of methoxy groups -OCH3 is 1. The fourth-order valence-electron chi connectivity index (χ4n) is 1.77. The number of hydrogen-bond donors (Lipinski definition) is 1. The molecular weight excluding hydrogens is 306 g/mol. The molecule has 0 heterocycles. The van der Waals surface area contributed by atoms with Gasteiger partial charge in [0.05, 0.1) is 6.61 Å². The number of nitrogen functional groups attached to an aromatic ring is 1. The maximum Gasteiger partial charge on any atom is 0.120 e. The molecule has 0 saturated carbocycles. The summed E-state index contributed by atoms with van der Waals surface area (Å²) in [6, 6.07) is 13.6. The van der Waals surface area contributed by atoms with Crippen molar-refractivity contribution >= 4 is 21.6 Å². The number of halogens is 1. The summed E-state index contributed by atoms with van der Waals surface area (Å²) in [6.45, 7) is 1.01. The lowest BCUT2D eigenvalue weighted by atomic mass is 10.2. The lowest BCUT2D eigenvalue weighted by Gasteiger charge is -2.11. The zero-order valence-corrected chi connectivity index (χ0v) is 12.3. The molecule has 0 aromatic heterocycles. The number of rotatable bonds is 5. The van der Waals surface area contributed by atoms with Gasteiger partial charge in [-0.15, -0.1) is 0 Å². The number of anilines is 1. The fourth-order valence-corrected chi connectivity index (χ4v) is 2.27. The minimum absolute atomic E-state index is 0.434. The zero-order valence-electron chi connectivity index (χ0n) is 10.7. The molecule has 0 bridgehead atoms. The molecule has 0 saturated heterocycles. The van der Waals surface area contributed by atoms with E-state index in [1.54, 1.807) is 7.11 Å². The van der Waals surface area contributed by atoms with Gasteiger partial charge < -0.3 is 15.2 Å². The molecule has 19 heavy (non-hydrogen) atoms. The molecule has 0 spiro atoms. The molecule has 0 aliphatic carbocycles. The fraction of sp³-hybridized carbons (Fsp3) is 0.200. The Bertz CT molecular complexity index is 537. The van der Waals surface area contributed by atoms with Crippen LogP contribution in [0.15, 0.2) is 46.9 Å². The summed E-state index contributed by atoms with van der Waals surface area (Å²) in [5.41, 5.74) is 8.70. The van der Waals surface area contributed by atoms with Crippen molar-refractivity contribution in [3.8, 4) is 5.75 Å². The molecule has 4 heteroatoms. The highest BCUT2D eigenvalue weighted by Gasteiger charge is 2.05. The Morgan fingerprint density at radius 2 is 1.89 bits per heavy atom. The van der Waals surface area contributed by atoms with Gasteiger partial charge in [-0.3, -0.25) is 0 Å². The van der Waals surface area contributed by atoms with Crippen molar-refractivity contribution in [2.24, 2.45) is 0 Å². The van der Waals surface area contributed by atoms with Gasteiger partial charge in [0.25, 0.3) is 0 Å². The van der Waals surface area contributed by atoms with Gasteiger partial charge in [-0.2, -0.15) is 0 Å². The maximum absolute atomic E-state index is 5.93. The predicted octanol–water partition coefficient (Wildman–Crippen LogP) is 3.76. The molecular formula is C15H16BrNO2. The first kappa shape index (κ1) is 13.9. The van der Waals surface area contributed by atoms with Crippen molar-refractivity contribution in [3.05, 3.63) is 58.1 Å². The molecule has 0 radical (unpaired) electrons. The quantitative estimate of drug-likeness (QED) is 0.853. The van der Waals surface area contributed by atoms with E-state index in [1.807, 2.05) is 42.5 Å². The van der Waals surface area contributed by atoms with Crippen LogP contribution in [-0.2, 0) is 18.0 Å². The highest BCUT2D eigenvalue weighted by atomic mass is 79.9. The maximum atomic E-state index is 5.93. The van der Waals surface area contributed by atoms with E-state index in [4.69, 9.17) is 15.2 Å². The normalized spacial score (nSPS) is 10.4. The molecule has 2 aromatic rings. The van der Waals surface area contributed by atoms with Gasteiger partial charge >= 0.3 is 0 Å². The van der Waals surface area contributed by atoms with Crippen LogP contribution >= 0.6 is 15.9 Å². The highest BCUT2D eigenvalue weighted by molar-refractivity contribution is 9.10. The van der Waals surface area contributed by atoms with Crippen molar-refractivity contribution in [1.29, 1.82) is 0 Å². The summed E-state index contributed by atoms with van der Waals surface area (Å²) in [5.74, 6) is 0.810. The smallest absolute Gasteiger partial charge is 0.120 e. The Hall–Kier alpha value is -1.52. The average Bonchev–Trinajstić information content (AvgIpc) is 2.39. The summed E-state index contributed by atoms with van der Waals surface area (Å²) in [4.78, 5) is 0. The third-order valence-corrected chi connectivity index (χ3v) is 3.49. The van der Waals surface area contributed by atoms with Gasteiger partial charge in [-0.1, -0.05) is 34.1 Å². The second-order valence-corrected chi connectivity index (χ2v) is 5.03. The molecule has 3 nitrogen and oxygen atoms in total. The Labute approximate surface area is 121 Å². The van der Waals surface area contributed by atoms with Crippen LogP contribution in [-0.4, -0.2) is 7.11 Å². The van der Waals surface area contributed by atoms with Crippen molar-refractivity contribution in [2.45, 2.75) is 13.2 Å². The van der Waals surface area contributed by atoms with Crippen LogP contribution in [0.4, 0.5) is 5.69 Å². The summed E-state index contributed by atoms with van der Waals surface area (Å²) < 4.78 is 11.8. The van der Waals surface area contributed by atoms with E-state index in [2.05, 4.69) is 15.9 Å². The largest absolute Gasteiger partial charge is 0.489 e. The van der Waals surface area contributed by atoms with Crippen molar-refractivity contribution in [2.75, 3.05) is 12.8 Å². The van der Waals surface area contributed by atoms with Crippen LogP contribution in [0.25, 0.3) is 0 Å². The van der Waals surface area contributed by atoms with Crippen LogP contribution in [0.5, 0.6) is 5.75 Å². The minimum atomic E-state index is 0.434. The SMILES string of the molecule is COCc1cccc(OCc2c(N)cccc2Br)c1. The van der Waals surface area contributed by atoms with Crippen molar-refractivity contribution < 1.29 is 9.47 Å². The minimum Gasteiger partial charge on any atom is -0.489 e. The van der Waals surface area contributed by atoms with Crippen LogP contribution in [0, 0.1) is 0 Å². The first-order chi connectivity index (χ1) is 9.20. The Morgan fingerprint density at radius 1 is 1.11 bits per heavy atom. The summed E-state index contributed by atoms with van der Waals surface area (Å²) in [7, 11) is 1.68. The lowest BCUT2D eigenvalue weighted by molar-refractivity contribution is 0.184. The number of ether oxygens (including phenoxy) is 2. The molecule has 0 amide bonds.